The Morgan fingerprint density at radius 2 is 1.80 bits per heavy atom. The maximum absolute atomic E-state index is 12.0. The molecule has 0 aromatic carbocycles. The van der Waals surface area contributed by atoms with Gasteiger partial charge in [0.25, 0.3) is 0 Å². The first-order valence-electron chi connectivity index (χ1n) is 8.10. The van der Waals surface area contributed by atoms with Crippen molar-refractivity contribution >= 4 is 9.84 Å². The molecule has 3 saturated carbocycles. The van der Waals surface area contributed by atoms with Gasteiger partial charge < -0.3 is 11.1 Å². The zero-order valence-corrected chi connectivity index (χ0v) is 13.3. The molecule has 0 amide bonds. The molecule has 116 valence electrons. The van der Waals surface area contributed by atoms with E-state index in [4.69, 9.17) is 5.73 Å². The van der Waals surface area contributed by atoms with Gasteiger partial charge in [0.05, 0.1) is 5.25 Å². The Labute approximate surface area is 122 Å². The van der Waals surface area contributed by atoms with Crippen molar-refractivity contribution < 1.29 is 8.42 Å². The van der Waals surface area contributed by atoms with Crippen molar-refractivity contribution in [3.63, 3.8) is 0 Å². The van der Waals surface area contributed by atoms with Gasteiger partial charge in [-0.05, 0) is 62.8 Å². The summed E-state index contributed by atoms with van der Waals surface area (Å²) < 4.78 is 24.1. The number of sulfone groups is 1. The largest absolute Gasteiger partial charge is 0.329 e. The van der Waals surface area contributed by atoms with Crippen LogP contribution in [-0.4, -0.2) is 38.6 Å². The maximum Gasteiger partial charge on any atom is 0.152 e. The van der Waals surface area contributed by atoms with E-state index in [2.05, 4.69) is 5.32 Å². The van der Waals surface area contributed by atoms with E-state index in [0.29, 0.717) is 6.54 Å². The summed E-state index contributed by atoms with van der Waals surface area (Å²) in [7, 11) is -3.02. The quantitative estimate of drug-likeness (QED) is 0.743. The SMILES string of the molecule is CS(=O)(=O)C1CCCC1(CN)NCC(C1CC1)C1CC1. The second kappa shape index (κ2) is 5.25. The number of nitrogens with two attached hydrogens (primary N) is 1. The van der Waals surface area contributed by atoms with Crippen LogP contribution in [0.2, 0.25) is 0 Å². The van der Waals surface area contributed by atoms with E-state index in [1.54, 1.807) is 0 Å². The number of rotatable bonds is 7. The van der Waals surface area contributed by atoms with Gasteiger partial charge in [0.1, 0.15) is 0 Å². The summed E-state index contributed by atoms with van der Waals surface area (Å²) in [5.41, 5.74) is 5.63. The van der Waals surface area contributed by atoms with Gasteiger partial charge in [0, 0.05) is 18.3 Å². The minimum Gasteiger partial charge on any atom is -0.329 e. The molecule has 20 heavy (non-hydrogen) atoms. The molecule has 3 aliphatic carbocycles. The lowest BCUT2D eigenvalue weighted by Crippen LogP contribution is -2.59. The van der Waals surface area contributed by atoms with Gasteiger partial charge in [-0.3, -0.25) is 0 Å². The molecule has 2 atom stereocenters. The van der Waals surface area contributed by atoms with Gasteiger partial charge in [0.15, 0.2) is 9.84 Å². The minimum absolute atomic E-state index is 0.293. The second-order valence-electron chi connectivity index (χ2n) is 7.29. The fraction of sp³-hybridized carbons (Fsp3) is 1.00. The van der Waals surface area contributed by atoms with Crippen molar-refractivity contribution in [3.05, 3.63) is 0 Å². The predicted octanol–water partition coefficient (Wildman–Crippen LogP) is 1.31. The Balaban J connectivity index is 1.68. The molecule has 3 rings (SSSR count). The first kappa shape index (κ1) is 14.8. The van der Waals surface area contributed by atoms with Crippen LogP contribution in [0.15, 0.2) is 0 Å². The third-order valence-corrected chi connectivity index (χ3v) is 7.45. The molecule has 0 aromatic heterocycles. The molecule has 0 aliphatic heterocycles. The summed E-state index contributed by atoms with van der Waals surface area (Å²) in [6.07, 6.45) is 9.49. The zero-order valence-electron chi connectivity index (χ0n) is 12.5. The number of nitrogens with one attached hydrogen (secondary N) is 1. The smallest absolute Gasteiger partial charge is 0.152 e. The van der Waals surface area contributed by atoms with Crippen LogP contribution in [-0.2, 0) is 9.84 Å². The third-order valence-electron chi connectivity index (χ3n) is 5.73. The van der Waals surface area contributed by atoms with Gasteiger partial charge in [-0.1, -0.05) is 6.42 Å². The van der Waals surface area contributed by atoms with E-state index in [-0.39, 0.29) is 10.8 Å². The second-order valence-corrected chi connectivity index (χ2v) is 9.52. The Morgan fingerprint density at radius 1 is 1.20 bits per heavy atom. The molecule has 0 radical (unpaired) electrons. The fourth-order valence-corrected chi connectivity index (χ4v) is 5.97. The van der Waals surface area contributed by atoms with Crippen LogP contribution in [0, 0.1) is 17.8 Å². The fourth-order valence-electron chi connectivity index (χ4n) is 4.26. The molecule has 0 bridgehead atoms. The van der Waals surface area contributed by atoms with Crippen LogP contribution in [0.25, 0.3) is 0 Å². The van der Waals surface area contributed by atoms with Gasteiger partial charge in [-0.15, -0.1) is 0 Å². The Kier molecular flexibility index (Phi) is 3.89. The zero-order chi connectivity index (χ0) is 14.4. The van der Waals surface area contributed by atoms with Crippen molar-refractivity contribution in [1.82, 2.24) is 5.32 Å². The van der Waals surface area contributed by atoms with Crippen LogP contribution in [0.3, 0.4) is 0 Å². The first-order valence-corrected chi connectivity index (χ1v) is 10.1. The summed E-state index contributed by atoms with van der Waals surface area (Å²) >= 11 is 0. The van der Waals surface area contributed by atoms with E-state index < -0.39 is 9.84 Å². The van der Waals surface area contributed by atoms with Crippen LogP contribution in [0.1, 0.15) is 44.9 Å². The monoisotopic (exact) mass is 300 g/mol. The van der Waals surface area contributed by atoms with Crippen molar-refractivity contribution in [2.45, 2.75) is 55.7 Å². The summed E-state index contributed by atoms with van der Waals surface area (Å²) in [4.78, 5) is 0. The van der Waals surface area contributed by atoms with E-state index in [1.165, 1.54) is 31.9 Å². The number of hydrogen-bond donors (Lipinski definition) is 2. The molecule has 2 unspecified atom stereocenters. The molecule has 0 saturated heterocycles. The average molecular weight is 300 g/mol. The molecular weight excluding hydrogens is 272 g/mol. The lowest BCUT2D eigenvalue weighted by atomic mass is 9.93. The number of hydrogen-bond acceptors (Lipinski definition) is 4. The normalized spacial score (nSPS) is 34.9. The highest BCUT2D eigenvalue weighted by atomic mass is 32.2. The highest BCUT2D eigenvalue weighted by Crippen LogP contribution is 2.49. The summed E-state index contributed by atoms with van der Waals surface area (Å²) in [6, 6.07) is 0. The first-order chi connectivity index (χ1) is 9.46. The van der Waals surface area contributed by atoms with Crippen LogP contribution >= 0.6 is 0 Å². The molecule has 3 aliphatic rings. The Hall–Kier alpha value is -0.130. The molecule has 0 spiro atoms. The molecule has 0 aromatic rings. The van der Waals surface area contributed by atoms with Gasteiger partial charge in [-0.2, -0.15) is 0 Å². The third kappa shape index (κ3) is 2.90. The molecule has 5 heteroatoms. The molecule has 4 nitrogen and oxygen atoms in total. The van der Waals surface area contributed by atoms with Crippen molar-refractivity contribution in [1.29, 1.82) is 0 Å². The van der Waals surface area contributed by atoms with Crippen LogP contribution in [0.4, 0.5) is 0 Å². The molecule has 3 fully saturated rings. The summed E-state index contributed by atoms with van der Waals surface area (Å²) in [6.45, 7) is 1.41. The van der Waals surface area contributed by atoms with Crippen LogP contribution in [0.5, 0.6) is 0 Å². The lowest BCUT2D eigenvalue weighted by molar-refractivity contribution is 0.283. The lowest BCUT2D eigenvalue weighted by Gasteiger charge is -2.36. The van der Waals surface area contributed by atoms with Crippen molar-refractivity contribution in [3.8, 4) is 0 Å². The van der Waals surface area contributed by atoms with Crippen LogP contribution < -0.4 is 11.1 Å². The Bertz CT molecular complexity index is 444. The summed E-state index contributed by atoms with van der Waals surface area (Å²) in [5.74, 6) is 2.55. The van der Waals surface area contributed by atoms with Gasteiger partial charge >= 0.3 is 0 Å². The maximum atomic E-state index is 12.0. The van der Waals surface area contributed by atoms with Gasteiger partial charge in [-0.25, -0.2) is 8.42 Å². The molecular formula is C15H28N2O2S. The standard InChI is InChI=1S/C15H28N2O2S/c1-20(18,19)14-3-2-8-15(14,10-16)17-9-13(11-4-5-11)12-6-7-12/h11-14,17H,2-10,16H2,1H3. The average Bonchev–Trinajstić information content (AvgIpc) is 3.28. The van der Waals surface area contributed by atoms with E-state index >= 15 is 0 Å². The molecule has 3 N–H and O–H groups in total. The topological polar surface area (TPSA) is 72.2 Å². The van der Waals surface area contributed by atoms with E-state index in [9.17, 15) is 8.42 Å². The predicted molar refractivity (Wildman–Crippen MR) is 81.2 cm³/mol. The van der Waals surface area contributed by atoms with Crippen molar-refractivity contribution in [2.24, 2.45) is 23.5 Å². The van der Waals surface area contributed by atoms with E-state index in [1.807, 2.05) is 0 Å². The molecule has 0 heterocycles. The Morgan fingerprint density at radius 3 is 2.25 bits per heavy atom. The van der Waals surface area contributed by atoms with Gasteiger partial charge in [0.2, 0.25) is 0 Å². The summed E-state index contributed by atoms with van der Waals surface area (Å²) in [5, 5.41) is 3.35. The minimum atomic E-state index is -3.02. The van der Waals surface area contributed by atoms with Crippen molar-refractivity contribution in [2.75, 3.05) is 19.3 Å². The van der Waals surface area contributed by atoms with E-state index in [0.717, 1.165) is 43.6 Å². The highest BCUT2D eigenvalue weighted by Gasteiger charge is 2.48. The highest BCUT2D eigenvalue weighted by molar-refractivity contribution is 7.91.